The first kappa shape index (κ1) is 15.3. The number of esters is 2. The van der Waals surface area contributed by atoms with Gasteiger partial charge in [0.15, 0.2) is 4.67 Å². The Balaban J connectivity index is 1.99. The summed E-state index contributed by atoms with van der Waals surface area (Å²) in [6.07, 6.45) is 0.764. The molecule has 0 amide bonds. The first-order valence-corrected chi connectivity index (χ1v) is 7.14. The molecule has 0 aliphatic heterocycles. The Labute approximate surface area is 130 Å². The second-order valence-electron chi connectivity index (χ2n) is 4.15. The number of furan rings is 1. The van der Waals surface area contributed by atoms with Crippen LogP contribution in [0, 0.1) is 0 Å². The lowest BCUT2D eigenvalue weighted by molar-refractivity contribution is 0.0505. The highest BCUT2D eigenvalue weighted by Gasteiger charge is 2.14. The van der Waals surface area contributed by atoms with Crippen LogP contribution in [0.15, 0.2) is 45.5 Å². The predicted molar refractivity (Wildman–Crippen MR) is 78.4 cm³/mol. The number of rotatable bonds is 5. The summed E-state index contributed by atoms with van der Waals surface area (Å²) in [5.74, 6) is -0.598. The van der Waals surface area contributed by atoms with Crippen LogP contribution in [0.25, 0.3) is 0 Å². The van der Waals surface area contributed by atoms with Gasteiger partial charge in [0.05, 0.1) is 12.2 Å². The van der Waals surface area contributed by atoms with E-state index in [-0.39, 0.29) is 5.76 Å². The van der Waals surface area contributed by atoms with Crippen LogP contribution >= 0.6 is 15.9 Å². The molecule has 0 aliphatic rings. The molecule has 1 aromatic carbocycles. The number of halogens is 1. The van der Waals surface area contributed by atoms with E-state index in [9.17, 15) is 9.59 Å². The van der Waals surface area contributed by atoms with Gasteiger partial charge in [-0.3, -0.25) is 0 Å². The van der Waals surface area contributed by atoms with Gasteiger partial charge < -0.3 is 13.9 Å². The average Bonchev–Trinajstić information content (AvgIpc) is 2.92. The third kappa shape index (κ3) is 4.19. The lowest BCUT2D eigenvalue weighted by atomic mass is 10.2. The Morgan fingerprint density at radius 3 is 2.38 bits per heavy atom. The largest absolute Gasteiger partial charge is 0.462 e. The van der Waals surface area contributed by atoms with Gasteiger partial charge in [0.2, 0.25) is 5.76 Å². The Hall–Kier alpha value is -2.08. The van der Waals surface area contributed by atoms with E-state index in [1.165, 1.54) is 18.2 Å². The maximum absolute atomic E-state index is 11.8. The van der Waals surface area contributed by atoms with Gasteiger partial charge in [-0.05, 0) is 58.7 Å². The fourth-order valence-corrected chi connectivity index (χ4v) is 1.83. The molecule has 1 aromatic heterocycles. The summed E-state index contributed by atoms with van der Waals surface area (Å²) in [5.41, 5.74) is 0.406. The molecule has 6 heteroatoms. The van der Waals surface area contributed by atoms with Gasteiger partial charge in [-0.25, -0.2) is 9.59 Å². The highest BCUT2D eigenvalue weighted by molar-refractivity contribution is 9.10. The SMILES string of the molecule is CCCOC(=O)c1ccc(OC(=O)c2ccc(Br)o2)cc1. The molecule has 0 fully saturated rings. The van der Waals surface area contributed by atoms with Crippen LogP contribution in [0.1, 0.15) is 34.3 Å². The third-order valence-corrected chi connectivity index (χ3v) is 2.94. The number of benzene rings is 1. The molecule has 0 saturated heterocycles. The molecule has 2 rings (SSSR count). The van der Waals surface area contributed by atoms with Crippen molar-refractivity contribution in [2.45, 2.75) is 13.3 Å². The number of hydrogen-bond donors (Lipinski definition) is 0. The molecule has 0 unspecified atom stereocenters. The molecule has 0 saturated carbocycles. The maximum atomic E-state index is 11.8. The van der Waals surface area contributed by atoms with Crippen molar-refractivity contribution < 1.29 is 23.5 Å². The van der Waals surface area contributed by atoms with E-state index in [1.54, 1.807) is 18.2 Å². The molecule has 0 bridgehead atoms. The molecule has 5 nitrogen and oxygen atoms in total. The molecule has 1 heterocycles. The van der Waals surface area contributed by atoms with Crippen molar-refractivity contribution in [2.24, 2.45) is 0 Å². The van der Waals surface area contributed by atoms with Gasteiger partial charge >= 0.3 is 11.9 Å². The molecule has 21 heavy (non-hydrogen) atoms. The van der Waals surface area contributed by atoms with Crippen LogP contribution < -0.4 is 4.74 Å². The van der Waals surface area contributed by atoms with Crippen molar-refractivity contribution >= 4 is 27.9 Å². The topological polar surface area (TPSA) is 65.7 Å². The zero-order valence-electron chi connectivity index (χ0n) is 11.3. The minimum Gasteiger partial charge on any atom is -0.462 e. The second-order valence-corrected chi connectivity index (χ2v) is 4.94. The number of hydrogen-bond acceptors (Lipinski definition) is 5. The molecule has 0 N–H and O–H groups in total. The smallest absolute Gasteiger partial charge is 0.379 e. The van der Waals surface area contributed by atoms with Gasteiger partial charge in [0.25, 0.3) is 0 Å². The average molecular weight is 353 g/mol. The fourth-order valence-electron chi connectivity index (χ4n) is 1.52. The zero-order chi connectivity index (χ0) is 15.2. The van der Waals surface area contributed by atoms with Crippen molar-refractivity contribution in [2.75, 3.05) is 6.61 Å². The van der Waals surface area contributed by atoms with E-state index in [0.717, 1.165) is 6.42 Å². The summed E-state index contributed by atoms with van der Waals surface area (Å²) in [7, 11) is 0. The molecule has 0 radical (unpaired) electrons. The van der Waals surface area contributed by atoms with Crippen molar-refractivity contribution in [3.8, 4) is 5.75 Å². The molecule has 110 valence electrons. The second kappa shape index (κ2) is 7.08. The highest BCUT2D eigenvalue weighted by atomic mass is 79.9. The monoisotopic (exact) mass is 352 g/mol. The normalized spacial score (nSPS) is 10.2. The number of carbonyl (C=O) groups excluding carboxylic acids is 2. The summed E-state index contributed by atoms with van der Waals surface area (Å²) in [4.78, 5) is 23.4. The van der Waals surface area contributed by atoms with E-state index in [4.69, 9.17) is 13.9 Å². The Kier molecular flexibility index (Phi) is 5.16. The van der Waals surface area contributed by atoms with Gasteiger partial charge in [0.1, 0.15) is 5.75 Å². The summed E-state index contributed by atoms with van der Waals surface area (Å²) in [6.45, 7) is 2.30. The Morgan fingerprint density at radius 2 is 1.81 bits per heavy atom. The van der Waals surface area contributed by atoms with Gasteiger partial charge in [-0.1, -0.05) is 6.92 Å². The summed E-state index contributed by atoms with van der Waals surface area (Å²) in [5, 5.41) is 0. The van der Waals surface area contributed by atoms with E-state index >= 15 is 0 Å². The van der Waals surface area contributed by atoms with E-state index in [1.807, 2.05) is 6.92 Å². The standard InChI is InChI=1S/C15H13BrO5/c1-2-9-19-14(17)10-3-5-11(6-4-10)20-15(18)12-7-8-13(16)21-12/h3-8H,2,9H2,1H3. The number of ether oxygens (including phenoxy) is 2. The van der Waals surface area contributed by atoms with Crippen LogP contribution in [0.4, 0.5) is 0 Å². The van der Waals surface area contributed by atoms with E-state index in [0.29, 0.717) is 22.6 Å². The maximum Gasteiger partial charge on any atom is 0.379 e. The van der Waals surface area contributed by atoms with Crippen LogP contribution in [0.5, 0.6) is 5.75 Å². The molecule has 2 aromatic rings. The van der Waals surface area contributed by atoms with Gasteiger partial charge in [0, 0.05) is 0 Å². The highest BCUT2D eigenvalue weighted by Crippen LogP contribution is 2.18. The summed E-state index contributed by atoms with van der Waals surface area (Å²) < 4.78 is 15.7. The summed E-state index contributed by atoms with van der Waals surface area (Å²) in [6, 6.07) is 9.24. The number of carbonyl (C=O) groups is 2. The first-order chi connectivity index (χ1) is 10.1. The van der Waals surface area contributed by atoms with E-state index < -0.39 is 11.9 Å². The molecule has 0 atom stereocenters. The van der Waals surface area contributed by atoms with Gasteiger partial charge in [-0.2, -0.15) is 0 Å². The fraction of sp³-hybridized carbons (Fsp3) is 0.200. The molecule has 0 aliphatic carbocycles. The van der Waals surface area contributed by atoms with Crippen molar-refractivity contribution in [3.63, 3.8) is 0 Å². The minimum atomic E-state index is -0.609. The van der Waals surface area contributed by atoms with Crippen LogP contribution in [-0.2, 0) is 4.74 Å². The van der Waals surface area contributed by atoms with Crippen LogP contribution in [0.3, 0.4) is 0 Å². The van der Waals surface area contributed by atoms with Crippen molar-refractivity contribution in [3.05, 3.63) is 52.4 Å². The first-order valence-electron chi connectivity index (χ1n) is 6.35. The van der Waals surface area contributed by atoms with Crippen molar-refractivity contribution in [1.82, 2.24) is 0 Å². The predicted octanol–water partition coefficient (Wildman–Crippen LogP) is 3.83. The zero-order valence-corrected chi connectivity index (χ0v) is 12.9. The van der Waals surface area contributed by atoms with Crippen molar-refractivity contribution in [1.29, 1.82) is 0 Å². The minimum absolute atomic E-state index is 0.0910. The quantitative estimate of drug-likeness (QED) is 0.604. The molecular formula is C15H13BrO5. The Bertz CT molecular complexity index is 630. The van der Waals surface area contributed by atoms with Crippen LogP contribution in [0.2, 0.25) is 0 Å². The molecule has 0 spiro atoms. The third-order valence-electron chi connectivity index (χ3n) is 2.51. The lowest BCUT2D eigenvalue weighted by Gasteiger charge is -2.05. The lowest BCUT2D eigenvalue weighted by Crippen LogP contribution is -2.08. The van der Waals surface area contributed by atoms with Crippen LogP contribution in [-0.4, -0.2) is 18.5 Å². The Morgan fingerprint density at radius 1 is 1.10 bits per heavy atom. The van der Waals surface area contributed by atoms with Gasteiger partial charge in [-0.15, -0.1) is 0 Å². The molecular weight excluding hydrogens is 340 g/mol. The van der Waals surface area contributed by atoms with E-state index in [2.05, 4.69) is 15.9 Å². The summed E-state index contributed by atoms with van der Waals surface area (Å²) >= 11 is 3.11.